The van der Waals surface area contributed by atoms with Crippen LogP contribution in [0.4, 0.5) is 0 Å². The molecule has 0 unspecified atom stereocenters. The van der Waals surface area contributed by atoms with Gasteiger partial charge in [-0.25, -0.2) is 0 Å². The standard InChI is InChI=1S/C12H22N2O4/c1-4-17-12-11(14-9(3)16)6-5-10(18-12)7-13-8(2)15/h10-12H,4-7H2,1-3H3,(H,13,15)(H,14,16)/t10-,11+,12+/m0/s1. The molecule has 2 amide bonds. The Kier molecular flexibility index (Phi) is 6.07. The van der Waals surface area contributed by atoms with E-state index in [1.165, 1.54) is 13.8 Å². The first-order valence-corrected chi connectivity index (χ1v) is 6.31. The zero-order chi connectivity index (χ0) is 13.5. The third-order valence-electron chi connectivity index (χ3n) is 2.75. The van der Waals surface area contributed by atoms with Gasteiger partial charge < -0.3 is 20.1 Å². The Balaban J connectivity index is 2.47. The van der Waals surface area contributed by atoms with Gasteiger partial charge in [-0.2, -0.15) is 0 Å². The molecule has 0 radical (unpaired) electrons. The molecule has 0 aromatic carbocycles. The number of carbonyl (C=O) groups is 2. The molecule has 2 N–H and O–H groups in total. The van der Waals surface area contributed by atoms with E-state index >= 15 is 0 Å². The van der Waals surface area contributed by atoms with Gasteiger partial charge in [0.1, 0.15) is 0 Å². The van der Waals surface area contributed by atoms with Crippen LogP contribution in [0.3, 0.4) is 0 Å². The maximum absolute atomic E-state index is 11.1. The highest BCUT2D eigenvalue weighted by atomic mass is 16.7. The lowest BCUT2D eigenvalue weighted by atomic mass is 10.0. The Bertz CT molecular complexity index is 296. The first-order valence-electron chi connectivity index (χ1n) is 6.31. The Labute approximate surface area is 107 Å². The third-order valence-corrected chi connectivity index (χ3v) is 2.75. The van der Waals surface area contributed by atoms with Crippen molar-refractivity contribution in [3.8, 4) is 0 Å². The van der Waals surface area contributed by atoms with Crippen molar-refractivity contribution in [2.24, 2.45) is 0 Å². The van der Waals surface area contributed by atoms with Gasteiger partial charge in [0.2, 0.25) is 11.8 Å². The topological polar surface area (TPSA) is 76.7 Å². The SMILES string of the molecule is CCO[C@@H]1O[C@H](CNC(C)=O)CC[C@H]1NC(C)=O. The lowest BCUT2D eigenvalue weighted by molar-refractivity contribution is -0.204. The predicted molar refractivity (Wildman–Crippen MR) is 65.8 cm³/mol. The predicted octanol–water partition coefficient (Wildman–Crippen LogP) is 0.169. The Morgan fingerprint density at radius 3 is 2.56 bits per heavy atom. The second-order valence-electron chi connectivity index (χ2n) is 4.40. The highest BCUT2D eigenvalue weighted by Gasteiger charge is 2.32. The van der Waals surface area contributed by atoms with E-state index in [-0.39, 0.29) is 24.0 Å². The van der Waals surface area contributed by atoms with Gasteiger partial charge in [0.05, 0.1) is 12.1 Å². The molecule has 1 aliphatic heterocycles. The third kappa shape index (κ3) is 5.01. The summed E-state index contributed by atoms with van der Waals surface area (Å²) in [5.41, 5.74) is 0. The van der Waals surface area contributed by atoms with Crippen LogP contribution in [0.25, 0.3) is 0 Å². The number of ether oxygens (including phenoxy) is 2. The van der Waals surface area contributed by atoms with Gasteiger partial charge in [0, 0.05) is 27.0 Å². The van der Waals surface area contributed by atoms with E-state index in [9.17, 15) is 9.59 Å². The summed E-state index contributed by atoms with van der Waals surface area (Å²) in [5.74, 6) is -0.163. The van der Waals surface area contributed by atoms with Gasteiger partial charge in [-0.05, 0) is 19.8 Å². The summed E-state index contributed by atoms with van der Waals surface area (Å²) in [4.78, 5) is 21.9. The van der Waals surface area contributed by atoms with Gasteiger partial charge in [-0.15, -0.1) is 0 Å². The molecule has 0 saturated carbocycles. The molecule has 0 aliphatic carbocycles. The molecule has 1 saturated heterocycles. The summed E-state index contributed by atoms with van der Waals surface area (Å²) in [6.07, 6.45) is 1.07. The van der Waals surface area contributed by atoms with Crippen molar-refractivity contribution in [2.45, 2.75) is 52.0 Å². The molecule has 1 aliphatic rings. The van der Waals surface area contributed by atoms with E-state index in [0.29, 0.717) is 13.2 Å². The van der Waals surface area contributed by atoms with Gasteiger partial charge in [0.25, 0.3) is 0 Å². The summed E-state index contributed by atoms with van der Waals surface area (Å²) < 4.78 is 11.2. The second kappa shape index (κ2) is 7.33. The van der Waals surface area contributed by atoms with Crippen molar-refractivity contribution in [1.29, 1.82) is 0 Å². The van der Waals surface area contributed by atoms with Crippen LogP contribution in [-0.4, -0.2) is 43.4 Å². The largest absolute Gasteiger partial charge is 0.354 e. The monoisotopic (exact) mass is 258 g/mol. The zero-order valence-corrected chi connectivity index (χ0v) is 11.2. The summed E-state index contributed by atoms with van der Waals surface area (Å²) in [5, 5.41) is 5.55. The van der Waals surface area contributed by atoms with E-state index in [1.54, 1.807) is 0 Å². The normalized spacial score (nSPS) is 27.6. The highest BCUT2D eigenvalue weighted by molar-refractivity contribution is 5.73. The molecule has 0 aromatic rings. The number of rotatable bonds is 5. The van der Waals surface area contributed by atoms with Crippen molar-refractivity contribution in [1.82, 2.24) is 10.6 Å². The van der Waals surface area contributed by atoms with Crippen LogP contribution in [0.1, 0.15) is 33.6 Å². The number of nitrogens with one attached hydrogen (secondary N) is 2. The fourth-order valence-electron chi connectivity index (χ4n) is 1.98. The van der Waals surface area contributed by atoms with Crippen molar-refractivity contribution in [3.05, 3.63) is 0 Å². The average Bonchev–Trinajstić information content (AvgIpc) is 2.29. The van der Waals surface area contributed by atoms with Crippen molar-refractivity contribution < 1.29 is 19.1 Å². The molecule has 1 heterocycles. The molecular formula is C12H22N2O4. The number of hydrogen-bond donors (Lipinski definition) is 2. The number of hydrogen-bond acceptors (Lipinski definition) is 4. The molecular weight excluding hydrogens is 236 g/mol. The van der Waals surface area contributed by atoms with E-state index in [1.807, 2.05) is 6.92 Å². The van der Waals surface area contributed by atoms with Crippen LogP contribution in [0, 0.1) is 0 Å². The van der Waals surface area contributed by atoms with Crippen LogP contribution in [0.15, 0.2) is 0 Å². The van der Waals surface area contributed by atoms with Gasteiger partial charge in [-0.3, -0.25) is 9.59 Å². The maximum atomic E-state index is 11.1. The molecule has 0 spiro atoms. The second-order valence-corrected chi connectivity index (χ2v) is 4.40. The van der Waals surface area contributed by atoms with E-state index in [0.717, 1.165) is 12.8 Å². The molecule has 6 nitrogen and oxygen atoms in total. The summed E-state index contributed by atoms with van der Waals surface area (Å²) >= 11 is 0. The molecule has 0 bridgehead atoms. The fourth-order valence-corrected chi connectivity index (χ4v) is 1.98. The minimum absolute atomic E-state index is 0.0598. The molecule has 18 heavy (non-hydrogen) atoms. The van der Waals surface area contributed by atoms with Gasteiger partial charge >= 0.3 is 0 Å². The highest BCUT2D eigenvalue weighted by Crippen LogP contribution is 2.20. The minimum atomic E-state index is -0.439. The van der Waals surface area contributed by atoms with E-state index < -0.39 is 6.29 Å². The Morgan fingerprint density at radius 2 is 2.00 bits per heavy atom. The number of carbonyl (C=O) groups excluding carboxylic acids is 2. The Hall–Kier alpha value is -1.14. The molecule has 0 aromatic heterocycles. The first-order chi connectivity index (χ1) is 8.52. The molecule has 6 heteroatoms. The quantitative estimate of drug-likeness (QED) is 0.737. The van der Waals surface area contributed by atoms with E-state index in [4.69, 9.17) is 9.47 Å². The van der Waals surface area contributed by atoms with Crippen LogP contribution in [-0.2, 0) is 19.1 Å². The average molecular weight is 258 g/mol. The maximum Gasteiger partial charge on any atom is 0.217 e. The fraction of sp³-hybridized carbons (Fsp3) is 0.833. The van der Waals surface area contributed by atoms with Crippen molar-refractivity contribution in [2.75, 3.05) is 13.2 Å². The summed E-state index contributed by atoms with van der Waals surface area (Å²) in [7, 11) is 0. The zero-order valence-electron chi connectivity index (χ0n) is 11.2. The molecule has 1 fully saturated rings. The smallest absolute Gasteiger partial charge is 0.217 e. The summed E-state index contributed by atoms with van der Waals surface area (Å²) in [6.45, 7) is 5.83. The minimum Gasteiger partial charge on any atom is -0.354 e. The molecule has 3 atom stereocenters. The lowest BCUT2D eigenvalue weighted by Gasteiger charge is -2.36. The lowest BCUT2D eigenvalue weighted by Crippen LogP contribution is -2.51. The Morgan fingerprint density at radius 1 is 1.28 bits per heavy atom. The van der Waals surface area contributed by atoms with E-state index in [2.05, 4.69) is 10.6 Å². The summed E-state index contributed by atoms with van der Waals surface area (Å²) in [6, 6.07) is -0.115. The van der Waals surface area contributed by atoms with Gasteiger partial charge in [0.15, 0.2) is 6.29 Å². The van der Waals surface area contributed by atoms with Crippen LogP contribution in [0.5, 0.6) is 0 Å². The number of amides is 2. The first kappa shape index (κ1) is 14.9. The van der Waals surface area contributed by atoms with Crippen LogP contribution >= 0.6 is 0 Å². The van der Waals surface area contributed by atoms with Crippen LogP contribution < -0.4 is 10.6 Å². The molecule has 104 valence electrons. The van der Waals surface area contributed by atoms with Crippen LogP contribution in [0.2, 0.25) is 0 Å². The van der Waals surface area contributed by atoms with Crippen molar-refractivity contribution >= 4 is 11.8 Å². The van der Waals surface area contributed by atoms with Crippen molar-refractivity contribution in [3.63, 3.8) is 0 Å². The van der Waals surface area contributed by atoms with Gasteiger partial charge in [-0.1, -0.05) is 0 Å². The molecule has 1 rings (SSSR count).